The van der Waals surface area contributed by atoms with Crippen molar-refractivity contribution in [3.8, 4) is 0 Å². The van der Waals surface area contributed by atoms with Gasteiger partial charge in [-0.2, -0.15) is 0 Å². The third kappa shape index (κ3) is 2.53. The molecule has 2 rings (SSSR count). The zero-order chi connectivity index (χ0) is 12.5. The summed E-state index contributed by atoms with van der Waals surface area (Å²) in [6.45, 7) is 3.18. The van der Waals surface area contributed by atoms with E-state index in [-0.39, 0.29) is 11.7 Å². The van der Waals surface area contributed by atoms with Crippen LogP contribution in [0.4, 0.5) is 10.2 Å². The first-order valence-electron chi connectivity index (χ1n) is 5.83. The Kier molecular flexibility index (Phi) is 3.54. The van der Waals surface area contributed by atoms with E-state index in [0.29, 0.717) is 17.1 Å². The molecule has 94 valence electrons. The standard InChI is InChI=1S/C12H17ClFN3/c1-12(14,8-3-2-4-16-6-8)10-5-9(13)7-17-11(10)15/h5,7-8,16H,2-4,6H2,1H3,(H2,15,17). The molecular weight excluding hydrogens is 241 g/mol. The van der Waals surface area contributed by atoms with E-state index in [9.17, 15) is 4.39 Å². The van der Waals surface area contributed by atoms with Gasteiger partial charge in [0.1, 0.15) is 11.5 Å². The Bertz CT molecular complexity index is 403. The van der Waals surface area contributed by atoms with Crippen LogP contribution in [0.5, 0.6) is 0 Å². The Balaban J connectivity index is 2.32. The predicted octanol–water partition coefficient (Wildman–Crippen LogP) is 2.50. The summed E-state index contributed by atoms with van der Waals surface area (Å²) in [5, 5.41) is 3.63. The molecule has 1 saturated heterocycles. The van der Waals surface area contributed by atoms with E-state index >= 15 is 0 Å². The number of nitrogens with one attached hydrogen (secondary N) is 1. The van der Waals surface area contributed by atoms with Gasteiger partial charge in [0.2, 0.25) is 0 Å². The number of nitrogens with zero attached hydrogens (tertiary/aromatic N) is 1. The second-order valence-electron chi connectivity index (χ2n) is 4.71. The molecule has 1 fully saturated rings. The Morgan fingerprint density at radius 3 is 3.06 bits per heavy atom. The zero-order valence-electron chi connectivity index (χ0n) is 9.84. The minimum atomic E-state index is -1.49. The Morgan fingerprint density at radius 1 is 1.65 bits per heavy atom. The molecule has 0 aromatic carbocycles. The number of aromatic nitrogens is 1. The fourth-order valence-electron chi connectivity index (χ4n) is 2.38. The fourth-order valence-corrected chi connectivity index (χ4v) is 2.53. The number of alkyl halides is 1. The molecule has 0 radical (unpaired) electrons. The number of hydrogen-bond donors (Lipinski definition) is 2. The topological polar surface area (TPSA) is 50.9 Å². The first-order chi connectivity index (χ1) is 8.01. The summed E-state index contributed by atoms with van der Waals surface area (Å²) in [7, 11) is 0. The lowest BCUT2D eigenvalue weighted by Crippen LogP contribution is -2.40. The number of halogens is 2. The zero-order valence-corrected chi connectivity index (χ0v) is 10.6. The van der Waals surface area contributed by atoms with Crippen LogP contribution in [-0.2, 0) is 5.67 Å². The van der Waals surface area contributed by atoms with Crippen LogP contribution in [0, 0.1) is 5.92 Å². The van der Waals surface area contributed by atoms with Gasteiger partial charge in [0, 0.05) is 24.2 Å². The quantitative estimate of drug-likeness (QED) is 0.856. The molecule has 0 bridgehead atoms. The van der Waals surface area contributed by atoms with Crippen LogP contribution in [0.15, 0.2) is 12.3 Å². The molecule has 1 aliphatic rings. The normalized spacial score (nSPS) is 24.3. The van der Waals surface area contributed by atoms with Crippen molar-refractivity contribution in [2.45, 2.75) is 25.4 Å². The van der Waals surface area contributed by atoms with E-state index < -0.39 is 5.67 Å². The number of piperidine rings is 1. The molecule has 3 nitrogen and oxygen atoms in total. The van der Waals surface area contributed by atoms with E-state index in [1.807, 2.05) is 0 Å². The SMILES string of the molecule is CC(F)(c1cc(Cl)cnc1N)C1CCCNC1. The summed E-state index contributed by atoms with van der Waals surface area (Å²) in [5.41, 5.74) is 4.66. The summed E-state index contributed by atoms with van der Waals surface area (Å²) in [6, 6.07) is 1.58. The number of pyridine rings is 1. The highest BCUT2D eigenvalue weighted by molar-refractivity contribution is 6.30. The lowest BCUT2D eigenvalue weighted by Gasteiger charge is -2.34. The lowest BCUT2D eigenvalue weighted by atomic mass is 9.80. The monoisotopic (exact) mass is 257 g/mol. The third-order valence-electron chi connectivity index (χ3n) is 3.48. The predicted molar refractivity (Wildman–Crippen MR) is 67.7 cm³/mol. The summed E-state index contributed by atoms with van der Waals surface area (Å²) < 4.78 is 14.9. The van der Waals surface area contributed by atoms with Gasteiger partial charge in [-0.3, -0.25) is 0 Å². The van der Waals surface area contributed by atoms with Gasteiger partial charge in [-0.1, -0.05) is 11.6 Å². The Morgan fingerprint density at radius 2 is 2.41 bits per heavy atom. The number of anilines is 1. The molecule has 0 aliphatic carbocycles. The van der Waals surface area contributed by atoms with Crippen molar-refractivity contribution in [1.82, 2.24) is 10.3 Å². The van der Waals surface area contributed by atoms with Crippen LogP contribution < -0.4 is 11.1 Å². The molecule has 1 aliphatic heterocycles. The second-order valence-corrected chi connectivity index (χ2v) is 5.14. The number of rotatable bonds is 2. The van der Waals surface area contributed by atoms with Gasteiger partial charge in [-0.05, 0) is 32.4 Å². The highest BCUT2D eigenvalue weighted by Gasteiger charge is 2.38. The second kappa shape index (κ2) is 4.78. The van der Waals surface area contributed by atoms with Crippen molar-refractivity contribution in [1.29, 1.82) is 0 Å². The molecule has 5 heteroatoms. The molecule has 3 N–H and O–H groups in total. The third-order valence-corrected chi connectivity index (χ3v) is 3.68. The number of nitrogens with two attached hydrogens (primary N) is 1. The van der Waals surface area contributed by atoms with Crippen molar-refractivity contribution in [3.05, 3.63) is 22.8 Å². The molecule has 1 aromatic heterocycles. The molecule has 0 spiro atoms. The van der Waals surface area contributed by atoms with Crippen LogP contribution in [0.3, 0.4) is 0 Å². The van der Waals surface area contributed by atoms with Crippen molar-refractivity contribution in [3.63, 3.8) is 0 Å². The van der Waals surface area contributed by atoms with Gasteiger partial charge < -0.3 is 11.1 Å². The molecule has 0 saturated carbocycles. The van der Waals surface area contributed by atoms with Crippen molar-refractivity contribution >= 4 is 17.4 Å². The first-order valence-corrected chi connectivity index (χ1v) is 6.20. The Hall–Kier alpha value is -0.870. The maximum absolute atomic E-state index is 14.9. The largest absolute Gasteiger partial charge is 0.383 e. The molecule has 2 unspecified atom stereocenters. The molecule has 2 heterocycles. The van der Waals surface area contributed by atoms with Gasteiger partial charge in [0.25, 0.3) is 0 Å². The van der Waals surface area contributed by atoms with Gasteiger partial charge in [-0.15, -0.1) is 0 Å². The average Bonchev–Trinajstić information content (AvgIpc) is 2.33. The fraction of sp³-hybridized carbons (Fsp3) is 0.583. The smallest absolute Gasteiger partial charge is 0.140 e. The van der Waals surface area contributed by atoms with E-state index in [1.165, 1.54) is 6.20 Å². The van der Waals surface area contributed by atoms with Crippen LogP contribution >= 0.6 is 11.6 Å². The summed E-state index contributed by atoms with van der Waals surface area (Å²) in [5.74, 6) is 0.142. The van der Waals surface area contributed by atoms with Gasteiger partial charge >= 0.3 is 0 Å². The molecule has 1 aromatic rings. The maximum Gasteiger partial charge on any atom is 0.140 e. The molecular formula is C12H17ClFN3. The van der Waals surface area contributed by atoms with Crippen molar-refractivity contribution in [2.75, 3.05) is 18.8 Å². The lowest BCUT2D eigenvalue weighted by molar-refractivity contribution is 0.0817. The van der Waals surface area contributed by atoms with Crippen molar-refractivity contribution < 1.29 is 4.39 Å². The highest BCUT2D eigenvalue weighted by atomic mass is 35.5. The summed E-state index contributed by atoms with van der Waals surface area (Å²) >= 11 is 5.86. The number of nitrogen functional groups attached to an aromatic ring is 1. The van der Waals surface area contributed by atoms with E-state index in [1.54, 1.807) is 13.0 Å². The van der Waals surface area contributed by atoms with Crippen LogP contribution in [0.25, 0.3) is 0 Å². The first kappa shape index (κ1) is 12.6. The van der Waals surface area contributed by atoms with Crippen LogP contribution in [0.2, 0.25) is 5.02 Å². The molecule has 2 atom stereocenters. The Labute approximate surface area is 106 Å². The minimum Gasteiger partial charge on any atom is -0.383 e. The van der Waals surface area contributed by atoms with E-state index in [0.717, 1.165) is 19.4 Å². The van der Waals surface area contributed by atoms with Crippen LogP contribution in [-0.4, -0.2) is 18.1 Å². The van der Waals surface area contributed by atoms with Crippen molar-refractivity contribution in [2.24, 2.45) is 5.92 Å². The maximum atomic E-state index is 14.9. The summed E-state index contributed by atoms with van der Waals surface area (Å²) in [6.07, 6.45) is 3.28. The molecule has 0 amide bonds. The van der Waals surface area contributed by atoms with Gasteiger partial charge in [-0.25, -0.2) is 9.37 Å². The minimum absolute atomic E-state index is 0.0844. The number of hydrogen-bond acceptors (Lipinski definition) is 3. The van der Waals surface area contributed by atoms with E-state index in [4.69, 9.17) is 17.3 Å². The van der Waals surface area contributed by atoms with Gasteiger partial charge in [0.15, 0.2) is 0 Å². The average molecular weight is 258 g/mol. The summed E-state index contributed by atoms with van der Waals surface area (Å²) in [4.78, 5) is 3.93. The van der Waals surface area contributed by atoms with Gasteiger partial charge in [0.05, 0.1) is 5.02 Å². The highest BCUT2D eigenvalue weighted by Crippen LogP contribution is 2.40. The van der Waals surface area contributed by atoms with Crippen LogP contribution in [0.1, 0.15) is 25.3 Å². The van der Waals surface area contributed by atoms with E-state index in [2.05, 4.69) is 10.3 Å². The molecule has 17 heavy (non-hydrogen) atoms.